The third-order valence-corrected chi connectivity index (χ3v) is 6.38. The third-order valence-electron chi connectivity index (χ3n) is 6.38. The minimum atomic E-state index is 0.0589. The van der Waals surface area contributed by atoms with Crippen LogP contribution in [0.1, 0.15) is 55.5 Å². The van der Waals surface area contributed by atoms with E-state index in [0.29, 0.717) is 0 Å². The van der Waals surface area contributed by atoms with Crippen LogP contribution in [0.2, 0.25) is 0 Å². The molecule has 5 rings (SSSR count). The number of rotatable bonds is 0. The number of aryl methyl sites for hydroxylation is 1. The van der Waals surface area contributed by atoms with E-state index in [1.165, 1.54) is 49.7 Å². The summed E-state index contributed by atoms with van der Waals surface area (Å²) in [5, 5.41) is 2.92. The van der Waals surface area contributed by atoms with Crippen molar-refractivity contribution in [3.8, 4) is 11.1 Å². The molecule has 0 atom stereocenters. The monoisotopic (exact) mass is 298 g/mol. The fourth-order valence-electron chi connectivity index (χ4n) is 5.08. The van der Waals surface area contributed by atoms with Gasteiger partial charge in [-0.1, -0.05) is 70.2 Å². The molecule has 0 heteroatoms. The maximum Gasteiger partial charge on any atom is 0.0159 e. The fourth-order valence-corrected chi connectivity index (χ4v) is 5.08. The molecule has 0 unspecified atom stereocenters. The van der Waals surface area contributed by atoms with E-state index in [2.05, 4.69) is 77.1 Å². The highest BCUT2D eigenvalue weighted by Crippen LogP contribution is 2.59. The quantitative estimate of drug-likeness (QED) is 0.471. The molecule has 0 saturated carbocycles. The van der Waals surface area contributed by atoms with Crippen molar-refractivity contribution in [3.63, 3.8) is 0 Å². The molecule has 0 aliphatic heterocycles. The van der Waals surface area contributed by atoms with Crippen LogP contribution in [0.4, 0.5) is 0 Å². The molecule has 3 aromatic carbocycles. The van der Waals surface area contributed by atoms with Crippen LogP contribution in [0.25, 0.3) is 21.9 Å². The molecule has 3 aromatic rings. The summed E-state index contributed by atoms with van der Waals surface area (Å²) < 4.78 is 0. The van der Waals surface area contributed by atoms with E-state index in [0.717, 1.165) is 0 Å². The average molecular weight is 298 g/mol. The molecule has 0 aromatic heterocycles. The van der Waals surface area contributed by atoms with Crippen molar-refractivity contribution in [2.75, 3.05) is 0 Å². The number of benzene rings is 3. The average Bonchev–Trinajstić information content (AvgIpc) is 2.74. The molecule has 0 amide bonds. The normalized spacial score (nSPS) is 18.5. The van der Waals surface area contributed by atoms with Crippen LogP contribution in [0.5, 0.6) is 0 Å². The molecule has 0 spiro atoms. The van der Waals surface area contributed by atoms with E-state index >= 15 is 0 Å². The van der Waals surface area contributed by atoms with Crippen molar-refractivity contribution in [2.45, 2.75) is 45.4 Å². The molecule has 0 bridgehead atoms. The molecule has 23 heavy (non-hydrogen) atoms. The van der Waals surface area contributed by atoms with Gasteiger partial charge in [0.15, 0.2) is 0 Å². The Kier molecular flexibility index (Phi) is 2.15. The first kappa shape index (κ1) is 13.4. The van der Waals surface area contributed by atoms with Gasteiger partial charge in [0.25, 0.3) is 0 Å². The summed E-state index contributed by atoms with van der Waals surface area (Å²) in [4.78, 5) is 0. The lowest BCUT2D eigenvalue weighted by molar-refractivity contribution is 0.639. The molecule has 0 heterocycles. The minimum Gasteiger partial charge on any atom is -0.0616 e. The summed E-state index contributed by atoms with van der Waals surface area (Å²) >= 11 is 0. The summed E-state index contributed by atoms with van der Waals surface area (Å²) in [5.41, 5.74) is 10.6. The van der Waals surface area contributed by atoms with Crippen molar-refractivity contribution in [3.05, 3.63) is 70.3 Å². The standard InChI is InChI=1S/C23H22/c1-13-12-18-21-19-14(13)8-6-9-15(19)22(2,3)16-10-7-11-17(20(16)21)23(18,4)5/h6-12H,1-5H3. The van der Waals surface area contributed by atoms with Gasteiger partial charge in [-0.2, -0.15) is 0 Å². The Morgan fingerprint density at radius 2 is 1.22 bits per heavy atom. The Bertz CT molecular complexity index is 1020. The molecule has 0 N–H and O–H groups in total. The van der Waals surface area contributed by atoms with Gasteiger partial charge in [-0.05, 0) is 56.6 Å². The van der Waals surface area contributed by atoms with Crippen LogP contribution in [0, 0.1) is 6.92 Å². The molecule has 0 nitrogen and oxygen atoms in total. The Labute approximate surface area is 138 Å². The first-order valence-corrected chi connectivity index (χ1v) is 8.57. The summed E-state index contributed by atoms with van der Waals surface area (Å²) in [6.45, 7) is 11.8. The first-order valence-electron chi connectivity index (χ1n) is 8.57. The van der Waals surface area contributed by atoms with E-state index in [-0.39, 0.29) is 10.8 Å². The van der Waals surface area contributed by atoms with Gasteiger partial charge < -0.3 is 0 Å². The first-order chi connectivity index (χ1) is 10.8. The lowest BCUT2D eigenvalue weighted by Gasteiger charge is -2.35. The fraction of sp³-hybridized carbons (Fsp3) is 0.304. The Hall–Kier alpha value is -2.08. The minimum absolute atomic E-state index is 0.0589. The molecule has 2 aliphatic carbocycles. The van der Waals surface area contributed by atoms with Gasteiger partial charge in [-0.15, -0.1) is 0 Å². The van der Waals surface area contributed by atoms with Crippen LogP contribution < -0.4 is 0 Å². The number of hydrogen-bond acceptors (Lipinski definition) is 0. The van der Waals surface area contributed by atoms with E-state index in [1.54, 1.807) is 0 Å². The lowest BCUT2D eigenvalue weighted by Crippen LogP contribution is -2.23. The largest absolute Gasteiger partial charge is 0.0616 e. The predicted molar refractivity (Wildman–Crippen MR) is 98.4 cm³/mol. The summed E-state index contributed by atoms with van der Waals surface area (Å²) in [6, 6.07) is 16.2. The second-order valence-corrected chi connectivity index (χ2v) is 8.32. The molecular weight excluding hydrogens is 276 g/mol. The van der Waals surface area contributed by atoms with Gasteiger partial charge in [-0.3, -0.25) is 0 Å². The molecule has 2 aliphatic rings. The topological polar surface area (TPSA) is 0 Å². The Morgan fingerprint density at radius 1 is 0.652 bits per heavy atom. The van der Waals surface area contributed by atoms with E-state index in [4.69, 9.17) is 0 Å². The van der Waals surface area contributed by atoms with Crippen LogP contribution >= 0.6 is 0 Å². The van der Waals surface area contributed by atoms with Gasteiger partial charge in [0, 0.05) is 10.8 Å². The van der Waals surface area contributed by atoms with Gasteiger partial charge in [0.05, 0.1) is 0 Å². The van der Waals surface area contributed by atoms with Crippen molar-refractivity contribution in [1.82, 2.24) is 0 Å². The molecule has 0 fully saturated rings. The SMILES string of the molecule is Cc1cc2c3c4c(cccc14)C(C)(C)c1cccc(c1-3)C2(C)C. The molecule has 114 valence electrons. The van der Waals surface area contributed by atoms with E-state index in [1.807, 2.05) is 0 Å². The second-order valence-electron chi connectivity index (χ2n) is 8.32. The van der Waals surface area contributed by atoms with Crippen molar-refractivity contribution >= 4 is 10.8 Å². The van der Waals surface area contributed by atoms with Gasteiger partial charge >= 0.3 is 0 Å². The van der Waals surface area contributed by atoms with Gasteiger partial charge in [0.1, 0.15) is 0 Å². The molecular formula is C23H22. The molecule has 0 radical (unpaired) electrons. The predicted octanol–water partition coefficient (Wildman–Crippen LogP) is 6.09. The van der Waals surface area contributed by atoms with E-state index < -0.39 is 0 Å². The highest BCUT2D eigenvalue weighted by Gasteiger charge is 2.44. The van der Waals surface area contributed by atoms with Crippen molar-refractivity contribution in [2.24, 2.45) is 0 Å². The second kappa shape index (κ2) is 3.70. The third kappa shape index (κ3) is 1.31. The summed E-state index contributed by atoms with van der Waals surface area (Å²) in [7, 11) is 0. The van der Waals surface area contributed by atoms with Gasteiger partial charge in [-0.25, -0.2) is 0 Å². The van der Waals surface area contributed by atoms with Crippen molar-refractivity contribution in [1.29, 1.82) is 0 Å². The maximum absolute atomic E-state index is 2.43. The zero-order valence-electron chi connectivity index (χ0n) is 14.5. The van der Waals surface area contributed by atoms with Crippen LogP contribution in [-0.2, 0) is 10.8 Å². The zero-order valence-corrected chi connectivity index (χ0v) is 14.5. The lowest BCUT2D eigenvalue weighted by atomic mass is 9.68. The van der Waals surface area contributed by atoms with Gasteiger partial charge in [0.2, 0.25) is 0 Å². The smallest absolute Gasteiger partial charge is 0.0159 e. The summed E-state index contributed by atoms with van der Waals surface area (Å²) in [6.07, 6.45) is 0. The summed E-state index contributed by atoms with van der Waals surface area (Å²) in [5.74, 6) is 0. The maximum atomic E-state index is 2.43. The Morgan fingerprint density at radius 3 is 1.91 bits per heavy atom. The van der Waals surface area contributed by atoms with Crippen LogP contribution in [-0.4, -0.2) is 0 Å². The Balaban J connectivity index is 2.16. The zero-order chi connectivity index (χ0) is 16.1. The van der Waals surface area contributed by atoms with E-state index in [9.17, 15) is 0 Å². The van der Waals surface area contributed by atoms with Crippen molar-refractivity contribution < 1.29 is 0 Å². The highest BCUT2D eigenvalue weighted by atomic mass is 14.5. The van der Waals surface area contributed by atoms with Crippen LogP contribution in [0.15, 0.2) is 42.5 Å². The highest BCUT2D eigenvalue weighted by molar-refractivity contribution is 6.09. The molecule has 0 saturated heterocycles. The van der Waals surface area contributed by atoms with Crippen LogP contribution in [0.3, 0.4) is 0 Å². The number of hydrogen-bond donors (Lipinski definition) is 0.